The molecule has 1 N–H and O–H groups in total. The summed E-state index contributed by atoms with van der Waals surface area (Å²) in [5.41, 5.74) is -1.52. The van der Waals surface area contributed by atoms with Gasteiger partial charge in [-0.3, -0.25) is 0 Å². The van der Waals surface area contributed by atoms with E-state index in [1.165, 1.54) is 11.1 Å². The lowest BCUT2D eigenvalue weighted by molar-refractivity contribution is -0.137. The molecule has 5 nitrogen and oxygen atoms in total. The summed E-state index contributed by atoms with van der Waals surface area (Å²) in [6.45, 7) is 5.87. The molecule has 1 saturated heterocycles. The molecule has 25 heavy (non-hydrogen) atoms. The fourth-order valence-corrected chi connectivity index (χ4v) is 2.81. The van der Waals surface area contributed by atoms with E-state index in [0.29, 0.717) is 19.4 Å². The molecular weight excluding hydrogens is 359 g/mol. The van der Waals surface area contributed by atoms with E-state index in [4.69, 9.17) is 16.3 Å². The third-order valence-corrected chi connectivity index (χ3v) is 3.79. The molecule has 0 unspecified atom stereocenters. The number of nitrogens with zero attached hydrogens (tertiary/aromatic N) is 2. The zero-order chi connectivity index (χ0) is 18.8. The molecule has 0 bridgehead atoms. The summed E-state index contributed by atoms with van der Waals surface area (Å²) in [6, 6.07) is 0.552. The van der Waals surface area contributed by atoms with Crippen LogP contribution in [-0.4, -0.2) is 35.8 Å². The number of nitrogens with one attached hydrogen (secondary N) is 1. The number of hydrogen-bond acceptors (Lipinski definition) is 4. The van der Waals surface area contributed by atoms with Crippen molar-refractivity contribution in [2.24, 2.45) is 0 Å². The molecule has 0 aromatic carbocycles. The number of halogens is 4. The van der Waals surface area contributed by atoms with E-state index < -0.39 is 23.4 Å². The number of pyridine rings is 1. The van der Waals surface area contributed by atoms with Crippen LogP contribution in [-0.2, 0) is 10.9 Å². The molecule has 140 valence electrons. The topological polar surface area (TPSA) is 54.5 Å². The van der Waals surface area contributed by atoms with E-state index >= 15 is 0 Å². The lowest BCUT2D eigenvalue weighted by atomic mass is 10.0. The Kier molecular flexibility index (Phi) is 5.71. The minimum atomic E-state index is -4.56. The van der Waals surface area contributed by atoms with Crippen LogP contribution in [0.5, 0.6) is 0 Å². The number of alkyl carbamates (subject to hydrolysis) is 1. The quantitative estimate of drug-likeness (QED) is 0.834. The van der Waals surface area contributed by atoms with Gasteiger partial charge in [0.1, 0.15) is 11.4 Å². The van der Waals surface area contributed by atoms with Gasteiger partial charge in [0.2, 0.25) is 0 Å². The first-order chi connectivity index (χ1) is 11.5. The summed E-state index contributed by atoms with van der Waals surface area (Å²) < 4.78 is 45.0. The van der Waals surface area contributed by atoms with Gasteiger partial charge in [-0.15, -0.1) is 0 Å². The molecular formula is C16H21ClF3N3O2. The van der Waals surface area contributed by atoms with E-state index in [0.717, 1.165) is 6.07 Å². The van der Waals surface area contributed by atoms with Crippen molar-refractivity contribution in [2.45, 2.75) is 51.4 Å². The second kappa shape index (κ2) is 7.27. The van der Waals surface area contributed by atoms with Crippen LogP contribution in [0, 0.1) is 0 Å². The summed E-state index contributed by atoms with van der Waals surface area (Å²) in [5.74, 6) is -0.174. The second-order valence-corrected chi connectivity index (χ2v) is 7.39. The van der Waals surface area contributed by atoms with Crippen LogP contribution in [0.1, 0.15) is 39.2 Å². The lowest BCUT2D eigenvalue weighted by Crippen LogP contribution is -2.49. The summed E-state index contributed by atoms with van der Waals surface area (Å²) in [7, 11) is 0. The fraction of sp³-hybridized carbons (Fsp3) is 0.625. The number of carbonyl (C=O) groups is 1. The van der Waals surface area contributed by atoms with Crippen LogP contribution in [0.25, 0.3) is 0 Å². The first-order valence-electron chi connectivity index (χ1n) is 7.93. The smallest absolute Gasteiger partial charge is 0.420 e. The van der Waals surface area contributed by atoms with Gasteiger partial charge in [-0.1, -0.05) is 11.6 Å². The Bertz CT molecular complexity index is 632. The predicted octanol–water partition coefficient (Wildman–Crippen LogP) is 4.25. The Labute approximate surface area is 149 Å². The van der Waals surface area contributed by atoms with Crippen LogP contribution in [0.2, 0.25) is 5.02 Å². The minimum absolute atomic E-state index is 0.0727. The highest BCUT2D eigenvalue weighted by atomic mass is 35.5. The predicted molar refractivity (Wildman–Crippen MR) is 88.9 cm³/mol. The van der Waals surface area contributed by atoms with Crippen molar-refractivity contribution in [1.29, 1.82) is 0 Å². The van der Waals surface area contributed by atoms with Crippen molar-refractivity contribution < 1.29 is 22.7 Å². The fourth-order valence-electron chi connectivity index (χ4n) is 2.65. The number of carbonyl (C=O) groups excluding carboxylic acids is 1. The Morgan fingerprint density at radius 1 is 1.40 bits per heavy atom. The van der Waals surface area contributed by atoms with E-state index in [2.05, 4.69) is 10.3 Å². The molecule has 1 atom stereocenters. The van der Waals surface area contributed by atoms with Crippen LogP contribution >= 0.6 is 11.6 Å². The van der Waals surface area contributed by atoms with Crippen LogP contribution in [0.3, 0.4) is 0 Å². The lowest BCUT2D eigenvalue weighted by Gasteiger charge is -2.35. The van der Waals surface area contributed by atoms with E-state index in [9.17, 15) is 18.0 Å². The Morgan fingerprint density at radius 2 is 2.08 bits per heavy atom. The van der Waals surface area contributed by atoms with Crippen LogP contribution in [0.4, 0.5) is 23.8 Å². The Balaban J connectivity index is 2.13. The van der Waals surface area contributed by atoms with Crippen molar-refractivity contribution in [3.05, 3.63) is 22.8 Å². The average Bonchev–Trinajstić information content (AvgIpc) is 2.44. The maximum Gasteiger partial charge on any atom is 0.420 e. The third-order valence-electron chi connectivity index (χ3n) is 3.58. The number of alkyl halides is 3. The van der Waals surface area contributed by atoms with Crippen LogP contribution in [0.15, 0.2) is 12.3 Å². The molecule has 1 fully saturated rings. The molecule has 1 aliphatic heterocycles. The van der Waals surface area contributed by atoms with Gasteiger partial charge in [0.15, 0.2) is 0 Å². The largest absolute Gasteiger partial charge is 0.444 e. The van der Waals surface area contributed by atoms with Crippen LogP contribution < -0.4 is 10.2 Å². The van der Waals surface area contributed by atoms with Crippen molar-refractivity contribution in [3.8, 4) is 0 Å². The van der Waals surface area contributed by atoms with Crippen molar-refractivity contribution >= 4 is 23.5 Å². The first kappa shape index (κ1) is 19.6. The van der Waals surface area contributed by atoms with E-state index in [1.54, 1.807) is 20.8 Å². The summed E-state index contributed by atoms with van der Waals surface area (Å²) >= 11 is 5.67. The number of piperidine rings is 1. The SMILES string of the molecule is CC(C)(C)OC(=O)N[C@@H]1CCCN(c2ncc(Cl)cc2C(F)(F)F)C1. The molecule has 0 saturated carbocycles. The molecule has 1 aromatic rings. The minimum Gasteiger partial charge on any atom is -0.444 e. The van der Waals surface area contributed by atoms with Gasteiger partial charge >= 0.3 is 12.3 Å². The first-order valence-corrected chi connectivity index (χ1v) is 8.31. The molecule has 9 heteroatoms. The molecule has 1 amide bonds. The maximum atomic E-state index is 13.3. The van der Waals surface area contributed by atoms with Gasteiger partial charge in [-0.2, -0.15) is 13.2 Å². The Hall–Kier alpha value is -1.70. The van der Waals surface area contributed by atoms with Crippen molar-refractivity contribution in [3.63, 3.8) is 0 Å². The number of anilines is 1. The average molecular weight is 380 g/mol. The summed E-state index contributed by atoms with van der Waals surface area (Å²) in [5, 5.41) is 2.63. The third kappa shape index (κ3) is 5.66. The van der Waals surface area contributed by atoms with Gasteiger partial charge < -0.3 is 15.0 Å². The second-order valence-electron chi connectivity index (χ2n) is 6.95. The van der Waals surface area contributed by atoms with Gasteiger partial charge in [0.25, 0.3) is 0 Å². The highest BCUT2D eigenvalue weighted by molar-refractivity contribution is 6.30. The molecule has 0 radical (unpaired) electrons. The maximum absolute atomic E-state index is 13.3. The summed E-state index contributed by atoms with van der Waals surface area (Å²) in [4.78, 5) is 17.3. The molecule has 2 rings (SSSR count). The molecule has 1 aromatic heterocycles. The summed E-state index contributed by atoms with van der Waals surface area (Å²) in [6.07, 6.45) is -2.66. The highest BCUT2D eigenvalue weighted by Crippen LogP contribution is 2.37. The number of aromatic nitrogens is 1. The molecule has 0 aliphatic carbocycles. The highest BCUT2D eigenvalue weighted by Gasteiger charge is 2.37. The van der Waals surface area contributed by atoms with Crippen molar-refractivity contribution in [2.75, 3.05) is 18.0 Å². The zero-order valence-electron chi connectivity index (χ0n) is 14.3. The van der Waals surface area contributed by atoms with Gasteiger partial charge in [-0.05, 0) is 39.7 Å². The monoisotopic (exact) mass is 379 g/mol. The van der Waals surface area contributed by atoms with Gasteiger partial charge in [0.05, 0.1) is 10.6 Å². The van der Waals surface area contributed by atoms with Gasteiger partial charge in [-0.25, -0.2) is 9.78 Å². The van der Waals surface area contributed by atoms with Crippen molar-refractivity contribution in [1.82, 2.24) is 10.3 Å². The number of amides is 1. The number of hydrogen-bond donors (Lipinski definition) is 1. The number of ether oxygens (including phenoxy) is 1. The zero-order valence-corrected chi connectivity index (χ0v) is 15.0. The molecule has 2 heterocycles. The van der Waals surface area contributed by atoms with Gasteiger partial charge in [0, 0.05) is 25.3 Å². The van der Waals surface area contributed by atoms with E-state index in [-0.39, 0.29) is 23.4 Å². The normalized spacial score (nSPS) is 18.8. The standard InChI is InChI=1S/C16H21ClF3N3O2/c1-15(2,3)25-14(24)22-11-5-4-6-23(9-11)13-12(16(18,19)20)7-10(17)8-21-13/h7-8,11H,4-6,9H2,1-3H3,(H,22,24)/t11-/m1/s1. The number of rotatable bonds is 2. The molecule has 0 spiro atoms. The Morgan fingerprint density at radius 3 is 2.68 bits per heavy atom. The molecule has 1 aliphatic rings. The van der Waals surface area contributed by atoms with E-state index in [1.807, 2.05) is 0 Å².